The van der Waals surface area contributed by atoms with E-state index >= 15 is 0 Å². The largest absolute Gasteiger partial charge is 0.488 e. The Hall–Kier alpha value is -1.29. The topological polar surface area (TPSA) is 46.5 Å². The average molecular weight is 353 g/mol. The number of carbonyl (C=O) groups is 1. The highest BCUT2D eigenvalue weighted by Crippen LogP contribution is 2.36. The molecule has 3 nitrogen and oxygen atoms in total. The van der Waals surface area contributed by atoms with Crippen molar-refractivity contribution in [1.29, 1.82) is 0 Å². The van der Waals surface area contributed by atoms with Gasteiger partial charge in [-0.05, 0) is 59.7 Å². The van der Waals surface area contributed by atoms with Crippen molar-refractivity contribution >= 4 is 28.0 Å². The maximum Gasteiger partial charge on any atom is 0.328 e. The molecule has 1 aromatic carbocycles. The molecular formula is C17H21BrO3. The quantitative estimate of drug-likeness (QED) is 0.767. The minimum Gasteiger partial charge on any atom is -0.488 e. The van der Waals surface area contributed by atoms with E-state index in [1.165, 1.54) is 19.3 Å². The Morgan fingerprint density at radius 2 is 2.19 bits per heavy atom. The van der Waals surface area contributed by atoms with Crippen molar-refractivity contribution in [2.75, 3.05) is 0 Å². The zero-order valence-corrected chi connectivity index (χ0v) is 13.8. The van der Waals surface area contributed by atoms with Crippen LogP contribution >= 0.6 is 15.9 Å². The molecule has 2 rings (SSSR count). The molecule has 1 saturated carbocycles. The van der Waals surface area contributed by atoms with Crippen LogP contribution in [0.3, 0.4) is 0 Å². The van der Waals surface area contributed by atoms with Crippen LogP contribution in [0, 0.1) is 5.92 Å². The Morgan fingerprint density at radius 1 is 1.43 bits per heavy atom. The molecular weight excluding hydrogens is 332 g/mol. The molecule has 0 aromatic heterocycles. The van der Waals surface area contributed by atoms with Crippen LogP contribution in [0.5, 0.6) is 5.75 Å². The number of para-hydroxylation sites is 1. The van der Waals surface area contributed by atoms with E-state index in [1.807, 2.05) is 18.2 Å². The van der Waals surface area contributed by atoms with E-state index in [2.05, 4.69) is 22.9 Å². The highest BCUT2D eigenvalue weighted by molar-refractivity contribution is 9.10. The molecule has 1 N–H and O–H groups in total. The summed E-state index contributed by atoms with van der Waals surface area (Å²) in [5, 5.41) is 8.80. The highest BCUT2D eigenvalue weighted by Gasteiger charge is 2.26. The van der Waals surface area contributed by atoms with E-state index in [-0.39, 0.29) is 6.10 Å². The number of ether oxygens (including phenoxy) is 1. The highest BCUT2D eigenvalue weighted by atomic mass is 79.9. The third-order valence-corrected chi connectivity index (χ3v) is 4.66. The molecule has 0 aliphatic heterocycles. The maximum atomic E-state index is 10.7. The minimum atomic E-state index is -0.954. The van der Waals surface area contributed by atoms with Crippen LogP contribution in [-0.2, 0) is 4.79 Å². The van der Waals surface area contributed by atoms with Gasteiger partial charge in [-0.25, -0.2) is 4.79 Å². The standard InChI is InChI=1S/C17H21BrO3/c1-2-12-6-3-4-9-15(12)21-17-13(10-11-16(19)20)7-5-8-14(17)18/h5,7-8,10-12,15H,2-4,6,9H2,1H3,(H,19,20). The first-order valence-corrected chi connectivity index (χ1v) is 8.27. The second-order valence-electron chi connectivity index (χ2n) is 5.44. The number of carboxylic acids is 1. The molecule has 114 valence electrons. The maximum absolute atomic E-state index is 10.7. The Bertz CT molecular complexity index is 525. The fourth-order valence-electron chi connectivity index (χ4n) is 2.89. The van der Waals surface area contributed by atoms with Crippen LogP contribution in [-0.4, -0.2) is 17.2 Å². The first-order chi connectivity index (χ1) is 10.1. The van der Waals surface area contributed by atoms with E-state index in [1.54, 1.807) is 6.08 Å². The first kappa shape index (κ1) is 16.1. The van der Waals surface area contributed by atoms with Gasteiger partial charge in [-0.3, -0.25) is 0 Å². The summed E-state index contributed by atoms with van der Waals surface area (Å²) in [6, 6.07) is 5.69. The van der Waals surface area contributed by atoms with Crippen molar-refractivity contribution in [2.24, 2.45) is 5.92 Å². The van der Waals surface area contributed by atoms with Gasteiger partial charge in [-0.1, -0.05) is 25.5 Å². The van der Waals surface area contributed by atoms with E-state index in [0.717, 1.165) is 34.7 Å². The molecule has 1 fully saturated rings. The lowest BCUT2D eigenvalue weighted by Gasteiger charge is -2.32. The van der Waals surface area contributed by atoms with Crippen LogP contribution < -0.4 is 4.74 Å². The van der Waals surface area contributed by atoms with Crippen molar-refractivity contribution in [3.8, 4) is 5.75 Å². The van der Waals surface area contributed by atoms with Gasteiger partial charge in [0.2, 0.25) is 0 Å². The minimum absolute atomic E-state index is 0.222. The molecule has 0 spiro atoms. The van der Waals surface area contributed by atoms with Crippen molar-refractivity contribution < 1.29 is 14.6 Å². The summed E-state index contributed by atoms with van der Waals surface area (Å²) in [5.74, 6) is 0.382. The van der Waals surface area contributed by atoms with E-state index in [4.69, 9.17) is 9.84 Å². The summed E-state index contributed by atoms with van der Waals surface area (Å²) in [6.07, 6.45) is 8.84. The Kier molecular flexibility index (Phi) is 5.85. The zero-order valence-electron chi connectivity index (χ0n) is 12.2. The van der Waals surface area contributed by atoms with Gasteiger partial charge in [0.25, 0.3) is 0 Å². The number of benzene rings is 1. The van der Waals surface area contributed by atoms with Gasteiger partial charge in [0, 0.05) is 11.6 Å². The lowest BCUT2D eigenvalue weighted by atomic mass is 9.84. The van der Waals surface area contributed by atoms with E-state index < -0.39 is 5.97 Å². The molecule has 0 radical (unpaired) electrons. The molecule has 1 aromatic rings. The van der Waals surface area contributed by atoms with Crippen molar-refractivity contribution in [3.05, 3.63) is 34.3 Å². The molecule has 1 aliphatic carbocycles. The number of aliphatic carboxylic acids is 1. The van der Waals surface area contributed by atoms with Crippen molar-refractivity contribution in [1.82, 2.24) is 0 Å². The smallest absolute Gasteiger partial charge is 0.328 e. The molecule has 0 amide bonds. The lowest BCUT2D eigenvalue weighted by Crippen LogP contribution is -2.30. The SMILES string of the molecule is CCC1CCCCC1Oc1c(Br)cccc1C=CC(=O)O. The van der Waals surface area contributed by atoms with Crippen molar-refractivity contribution in [3.63, 3.8) is 0 Å². The third-order valence-electron chi connectivity index (χ3n) is 4.04. The monoisotopic (exact) mass is 352 g/mol. The molecule has 21 heavy (non-hydrogen) atoms. The van der Waals surface area contributed by atoms with Crippen LogP contribution in [0.15, 0.2) is 28.7 Å². The summed E-state index contributed by atoms with van der Waals surface area (Å²) < 4.78 is 7.13. The van der Waals surface area contributed by atoms with Gasteiger partial charge < -0.3 is 9.84 Å². The average Bonchev–Trinajstić information content (AvgIpc) is 2.48. The van der Waals surface area contributed by atoms with Crippen molar-refractivity contribution in [2.45, 2.75) is 45.1 Å². The van der Waals surface area contributed by atoms with Crippen LogP contribution in [0.2, 0.25) is 0 Å². The molecule has 0 heterocycles. The number of hydrogen-bond acceptors (Lipinski definition) is 2. The molecule has 2 atom stereocenters. The Labute approximate surface area is 134 Å². The lowest BCUT2D eigenvalue weighted by molar-refractivity contribution is -0.131. The fourth-order valence-corrected chi connectivity index (χ4v) is 3.36. The first-order valence-electron chi connectivity index (χ1n) is 7.48. The van der Waals surface area contributed by atoms with Crippen LogP contribution in [0.1, 0.15) is 44.6 Å². The molecule has 4 heteroatoms. The Balaban J connectivity index is 2.23. The zero-order chi connectivity index (χ0) is 15.2. The summed E-state index contributed by atoms with van der Waals surface area (Å²) in [5.41, 5.74) is 0.798. The second-order valence-corrected chi connectivity index (χ2v) is 6.29. The van der Waals surface area contributed by atoms with Gasteiger partial charge in [0.15, 0.2) is 0 Å². The fraction of sp³-hybridized carbons (Fsp3) is 0.471. The third kappa shape index (κ3) is 4.34. The predicted molar refractivity (Wildman–Crippen MR) is 87.5 cm³/mol. The molecule has 0 saturated heterocycles. The van der Waals surface area contributed by atoms with Gasteiger partial charge in [0.1, 0.15) is 11.9 Å². The predicted octanol–water partition coefficient (Wildman–Crippen LogP) is 4.89. The summed E-state index contributed by atoms with van der Waals surface area (Å²) in [4.78, 5) is 10.7. The summed E-state index contributed by atoms with van der Waals surface area (Å²) in [6.45, 7) is 2.21. The number of halogens is 1. The Morgan fingerprint density at radius 3 is 2.90 bits per heavy atom. The van der Waals surface area contributed by atoms with E-state index in [9.17, 15) is 4.79 Å². The molecule has 0 bridgehead atoms. The number of carboxylic acid groups (broad SMARTS) is 1. The van der Waals surface area contributed by atoms with Gasteiger partial charge in [0.05, 0.1) is 4.47 Å². The van der Waals surface area contributed by atoms with Crippen LogP contribution in [0.4, 0.5) is 0 Å². The second kappa shape index (κ2) is 7.64. The van der Waals surface area contributed by atoms with Gasteiger partial charge in [-0.15, -0.1) is 0 Å². The van der Waals surface area contributed by atoms with E-state index in [0.29, 0.717) is 5.92 Å². The number of hydrogen-bond donors (Lipinski definition) is 1. The number of rotatable bonds is 5. The van der Waals surface area contributed by atoms with Gasteiger partial charge >= 0.3 is 5.97 Å². The summed E-state index contributed by atoms with van der Waals surface area (Å²) >= 11 is 3.52. The molecule has 1 aliphatic rings. The van der Waals surface area contributed by atoms with Crippen LogP contribution in [0.25, 0.3) is 6.08 Å². The summed E-state index contributed by atoms with van der Waals surface area (Å²) in [7, 11) is 0. The molecule has 2 unspecified atom stereocenters. The normalized spacial score (nSPS) is 22.4. The van der Waals surface area contributed by atoms with Gasteiger partial charge in [-0.2, -0.15) is 0 Å².